The van der Waals surface area contributed by atoms with Crippen LogP contribution < -0.4 is 5.73 Å². The van der Waals surface area contributed by atoms with Gasteiger partial charge in [0.15, 0.2) is 6.10 Å². The summed E-state index contributed by atoms with van der Waals surface area (Å²) in [6, 6.07) is 1.18. The molecule has 1 amide bonds. The number of carbonyl (C=O) groups excluding carboxylic acids is 1. The number of amides is 1. The summed E-state index contributed by atoms with van der Waals surface area (Å²) < 4.78 is 38.0. The molecule has 0 radical (unpaired) electrons. The number of hydrogen-bond donors (Lipinski definition) is 2. The van der Waals surface area contributed by atoms with Crippen molar-refractivity contribution in [2.24, 2.45) is 0 Å². The Balaban J connectivity index is 2.29. The van der Waals surface area contributed by atoms with Gasteiger partial charge in [-0.05, 0) is 25.0 Å². The summed E-state index contributed by atoms with van der Waals surface area (Å²) in [6.07, 6.45) is -6.93. The number of nitrogens with two attached hydrogens (primary N) is 1. The van der Waals surface area contributed by atoms with E-state index in [0.29, 0.717) is 6.42 Å². The molecule has 2 rings (SSSR count). The van der Waals surface area contributed by atoms with Gasteiger partial charge >= 0.3 is 6.18 Å². The summed E-state index contributed by atoms with van der Waals surface area (Å²) in [5.41, 5.74) is 5.68. The van der Waals surface area contributed by atoms with E-state index in [1.54, 1.807) is 0 Å². The molecule has 1 fully saturated rings. The maximum Gasteiger partial charge on any atom is 0.416 e. The number of hydrogen-bond acceptors (Lipinski definition) is 3. The molecule has 2 unspecified atom stereocenters. The van der Waals surface area contributed by atoms with Crippen LogP contribution in [-0.2, 0) is 0 Å². The Labute approximate surface area is 134 Å². The third-order valence-corrected chi connectivity index (χ3v) is 4.21. The van der Waals surface area contributed by atoms with E-state index in [4.69, 9.17) is 28.9 Å². The van der Waals surface area contributed by atoms with Crippen LogP contribution in [0.3, 0.4) is 0 Å². The quantitative estimate of drug-likeness (QED) is 0.800. The normalized spacial score (nSPS) is 20.3. The Morgan fingerprint density at radius 3 is 2.41 bits per heavy atom. The predicted octanol–water partition coefficient (Wildman–Crippen LogP) is 3.10. The monoisotopic (exact) mass is 356 g/mol. The van der Waals surface area contributed by atoms with Gasteiger partial charge in [-0.15, -0.1) is 0 Å². The van der Waals surface area contributed by atoms with Crippen LogP contribution in [0.15, 0.2) is 12.1 Å². The van der Waals surface area contributed by atoms with Gasteiger partial charge in [0.25, 0.3) is 5.91 Å². The number of anilines is 1. The summed E-state index contributed by atoms with van der Waals surface area (Å²) in [7, 11) is 0. The standard InChI is InChI=1S/C13H13Cl2F3N2O2/c14-7-4-6(5-8(15)10(7)19)12(22)20-3-1-2-9(20)11(21)13(16,17)18/h4-5,9,11,21H,1-3,19H2. The summed E-state index contributed by atoms with van der Waals surface area (Å²) in [4.78, 5) is 13.4. The largest absolute Gasteiger partial charge is 0.416 e. The average Bonchev–Trinajstić information content (AvgIpc) is 2.90. The van der Waals surface area contributed by atoms with Crippen LogP contribution in [0, 0.1) is 0 Å². The number of nitrogen functional groups attached to an aromatic ring is 1. The minimum Gasteiger partial charge on any atom is -0.396 e. The molecule has 4 nitrogen and oxygen atoms in total. The number of halogens is 5. The molecule has 22 heavy (non-hydrogen) atoms. The Morgan fingerprint density at radius 1 is 1.36 bits per heavy atom. The van der Waals surface area contributed by atoms with Crippen molar-refractivity contribution in [1.82, 2.24) is 4.90 Å². The predicted molar refractivity (Wildman–Crippen MR) is 77.0 cm³/mol. The van der Waals surface area contributed by atoms with Gasteiger partial charge in [-0.25, -0.2) is 0 Å². The van der Waals surface area contributed by atoms with Crippen molar-refractivity contribution in [2.75, 3.05) is 12.3 Å². The highest BCUT2D eigenvalue weighted by Crippen LogP contribution is 2.33. The van der Waals surface area contributed by atoms with Gasteiger partial charge in [-0.1, -0.05) is 23.2 Å². The second kappa shape index (κ2) is 6.14. The number of alkyl halides is 3. The van der Waals surface area contributed by atoms with E-state index in [9.17, 15) is 23.1 Å². The lowest BCUT2D eigenvalue weighted by Gasteiger charge is -2.30. The van der Waals surface area contributed by atoms with Crippen molar-refractivity contribution in [1.29, 1.82) is 0 Å². The minimum atomic E-state index is -4.79. The molecule has 0 aromatic heterocycles. The first-order chi connectivity index (χ1) is 10.1. The lowest BCUT2D eigenvalue weighted by Crippen LogP contribution is -2.49. The maximum absolute atomic E-state index is 12.7. The molecule has 1 heterocycles. The molecule has 122 valence electrons. The molecular weight excluding hydrogens is 344 g/mol. The lowest BCUT2D eigenvalue weighted by molar-refractivity contribution is -0.216. The molecule has 1 aliphatic heterocycles. The Kier molecular flexibility index (Phi) is 4.79. The molecule has 1 aliphatic rings. The molecule has 0 bridgehead atoms. The molecule has 0 aliphatic carbocycles. The maximum atomic E-state index is 12.7. The van der Waals surface area contributed by atoms with E-state index in [-0.39, 0.29) is 34.3 Å². The van der Waals surface area contributed by atoms with Gasteiger partial charge in [0.1, 0.15) is 0 Å². The van der Waals surface area contributed by atoms with E-state index in [1.165, 1.54) is 12.1 Å². The summed E-state index contributed by atoms with van der Waals surface area (Å²) >= 11 is 11.7. The van der Waals surface area contributed by atoms with Gasteiger partial charge < -0.3 is 15.7 Å². The highest BCUT2D eigenvalue weighted by atomic mass is 35.5. The van der Waals surface area contributed by atoms with Crippen molar-refractivity contribution in [3.8, 4) is 0 Å². The fourth-order valence-electron chi connectivity index (χ4n) is 2.46. The van der Waals surface area contributed by atoms with Crippen molar-refractivity contribution < 1.29 is 23.1 Å². The molecule has 1 saturated heterocycles. The van der Waals surface area contributed by atoms with E-state index in [2.05, 4.69) is 0 Å². The first-order valence-corrected chi connectivity index (χ1v) is 7.18. The second-order valence-corrected chi connectivity index (χ2v) is 5.86. The zero-order valence-corrected chi connectivity index (χ0v) is 12.7. The summed E-state index contributed by atoms with van der Waals surface area (Å²) in [5.74, 6) is -0.672. The first-order valence-electron chi connectivity index (χ1n) is 6.43. The number of likely N-dealkylation sites (tertiary alicyclic amines) is 1. The van der Waals surface area contributed by atoms with Crippen LogP contribution >= 0.6 is 23.2 Å². The lowest BCUT2D eigenvalue weighted by atomic mass is 10.1. The Morgan fingerprint density at radius 2 is 1.91 bits per heavy atom. The topological polar surface area (TPSA) is 66.6 Å². The van der Waals surface area contributed by atoms with Crippen LogP contribution in [0.25, 0.3) is 0 Å². The highest BCUT2D eigenvalue weighted by Gasteiger charge is 2.48. The number of aliphatic hydroxyl groups is 1. The molecule has 9 heteroatoms. The van der Waals surface area contributed by atoms with Crippen LogP contribution in [-0.4, -0.2) is 40.8 Å². The van der Waals surface area contributed by atoms with Crippen molar-refractivity contribution >= 4 is 34.8 Å². The zero-order chi connectivity index (χ0) is 16.7. The fraction of sp³-hybridized carbons (Fsp3) is 0.462. The fourth-order valence-corrected chi connectivity index (χ4v) is 2.95. The van der Waals surface area contributed by atoms with Crippen LogP contribution in [0.5, 0.6) is 0 Å². The Bertz CT molecular complexity index is 572. The van der Waals surface area contributed by atoms with Gasteiger partial charge in [0.2, 0.25) is 0 Å². The highest BCUT2D eigenvalue weighted by molar-refractivity contribution is 6.39. The summed E-state index contributed by atoms with van der Waals surface area (Å²) in [6.45, 7) is 0.121. The van der Waals surface area contributed by atoms with Crippen molar-refractivity contribution in [3.05, 3.63) is 27.7 Å². The first kappa shape index (κ1) is 17.2. The third-order valence-electron chi connectivity index (χ3n) is 3.59. The zero-order valence-electron chi connectivity index (χ0n) is 11.2. The van der Waals surface area contributed by atoms with Gasteiger partial charge in [0, 0.05) is 12.1 Å². The molecule has 3 N–H and O–H groups in total. The molecular formula is C13H13Cl2F3N2O2. The summed E-state index contributed by atoms with van der Waals surface area (Å²) in [5, 5.41) is 9.50. The molecule has 0 spiro atoms. The van der Waals surface area contributed by atoms with Gasteiger partial charge in [0.05, 0.1) is 21.8 Å². The second-order valence-electron chi connectivity index (χ2n) is 5.05. The van der Waals surface area contributed by atoms with Crippen LogP contribution in [0.2, 0.25) is 10.0 Å². The number of carbonyl (C=O) groups is 1. The van der Waals surface area contributed by atoms with Crippen LogP contribution in [0.4, 0.5) is 18.9 Å². The van der Waals surface area contributed by atoms with E-state index < -0.39 is 24.2 Å². The molecule has 0 saturated carbocycles. The van der Waals surface area contributed by atoms with E-state index in [0.717, 1.165) is 4.90 Å². The number of benzene rings is 1. The van der Waals surface area contributed by atoms with E-state index in [1.807, 2.05) is 0 Å². The number of rotatable bonds is 2. The average molecular weight is 357 g/mol. The molecule has 1 aromatic carbocycles. The van der Waals surface area contributed by atoms with Gasteiger partial charge in [-0.3, -0.25) is 4.79 Å². The van der Waals surface area contributed by atoms with Crippen molar-refractivity contribution in [2.45, 2.75) is 31.2 Å². The molecule has 2 atom stereocenters. The SMILES string of the molecule is Nc1c(Cl)cc(C(=O)N2CCCC2C(O)C(F)(F)F)cc1Cl. The number of nitrogens with zero attached hydrogens (tertiary/aromatic N) is 1. The number of aliphatic hydroxyl groups excluding tert-OH is 1. The molecule has 1 aromatic rings. The van der Waals surface area contributed by atoms with Crippen molar-refractivity contribution in [3.63, 3.8) is 0 Å². The van der Waals surface area contributed by atoms with Gasteiger partial charge in [-0.2, -0.15) is 13.2 Å². The van der Waals surface area contributed by atoms with Crippen LogP contribution in [0.1, 0.15) is 23.2 Å². The Hall–Kier alpha value is -1.18. The minimum absolute atomic E-state index is 0.0328. The third kappa shape index (κ3) is 3.26. The van der Waals surface area contributed by atoms with E-state index >= 15 is 0 Å². The smallest absolute Gasteiger partial charge is 0.396 e.